The fraction of sp³-hybridized carbons (Fsp3) is 0.643. The van der Waals surface area contributed by atoms with Crippen molar-refractivity contribution in [3.63, 3.8) is 0 Å². The van der Waals surface area contributed by atoms with Gasteiger partial charge in [-0.15, -0.1) is 0 Å². The van der Waals surface area contributed by atoms with Crippen LogP contribution in [0.3, 0.4) is 0 Å². The van der Waals surface area contributed by atoms with Crippen LogP contribution in [0.4, 0.5) is 0 Å². The number of benzene rings is 2. The molecule has 8 heteroatoms. The van der Waals surface area contributed by atoms with Crippen LogP contribution < -0.4 is 0 Å². The molecule has 0 bridgehead atoms. The molecule has 2 N–H and O–H groups in total. The van der Waals surface area contributed by atoms with Crippen molar-refractivity contribution in [3.05, 3.63) is 35.4 Å². The van der Waals surface area contributed by atoms with Gasteiger partial charge >= 0.3 is 0 Å². The lowest BCUT2D eigenvalue weighted by atomic mass is 9.98. The summed E-state index contributed by atoms with van der Waals surface area (Å²) in [5, 5.41) is 1.08. The van der Waals surface area contributed by atoms with E-state index < -0.39 is 20.2 Å². The van der Waals surface area contributed by atoms with Crippen LogP contribution in [0.25, 0.3) is 10.8 Å². The first kappa shape index (κ1) is 30.7. The van der Waals surface area contributed by atoms with Gasteiger partial charge in [-0.3, -0.25) is 9.11 Å². The molecule has 0 saturated heterocycles. The molecule has 6 nitrogen and oxygen atoms in total. The van der Waals surface area contributed by atoms with Gasteiger partial charge in [-0.1, -0.05) is 90.9 Å². The summed E-state index contributed by atoms with van der Waals surface area (Å²) < 4.78 is 68.1. The monoisotopic (exact) mass is 540 g/mol. The minimum atomic E-state index is -4.48. The van der Waals surface area contributed by atoms with Crippen LogP contribution in [0.15, 0.2) is 34.1 Å². The molecular formula is C28H44O6S2. The molecule has 0 atom stereocenters. The Bertz CT molecular complexity index is 1080. The largest absolute Gasteiger partial charge is 0.294 e. The van der Waals surface area contributed by atoms with Gasteiger partial charge < -0.3 is 0 Å². The number of fused-ring (bicyclic) bond motifs is 1. The summed E-state index contributed by atoms with van der Waals surface area (Å²) in [7, 11) is -8.95. The molecular weight excluding hydrogens is 496 g/mol. The fourth-order valence-corrected chi connectivity index (χ4v) is 6.35. The van der Waals surface area contributed by atoms with Crippen molar-refractivity contribution >= 4 is 31.0 Å². The summed E-state index contributed by atoms with van der Waals surface area (Å²) in [5.41, 5.74) is 1.08. The van der Waals surface area contributed by atoms with Crippen molar-refractivity contribution in [2.75, 3.05) is 0 Å². The van der Waals surface area contributed by atoms with E-state index in [1.807, 2.05) is 0 Å². The number of hydrogen-bond donors (Lipinski definition) is 2. The predicted molar refractivity (Wildman–Crippen MR) is 147 cm³/mol. The lowest BCUT2D eigenvalue weighted by Crippen LogP contribution is -2.06. The lowest BCUT2D eigenvalue weighted by molar-refractivity contribution is 0.480. The zero-order chi connectivity index (χ0) is 26.6. The molecule has 0 radical (unpaired) electrons. The normalized spacial score (nSPS) is 12.4. The molecule has 204 valence electrons. The summed E-state index contributed by atoms with van der Waals surface area (Å²) >= 11 is 0. The smallest absolute Gasteiger partial charge is 0.282 e. The summed E-state index contributed by atoms with van der Waals surface area (Å²) in [5.74, 6) is 0. The Morgan fingerprint density at radius 3 is 1.14 bits per heavy atom. The third-order valence-corrected chi connectivity index (χ3v) is 8.73. The minimum Gasteiger partial charge on any atom is -0.282 e. The Hall–Kier alpha value is -1.48. The molecule has 0 amide bonds. The Balaban J connectivity index is 2.26. The Labute approximate surface area is 218 Å². The second-order valence-electron chi connectivity index (χ2n) is 9.96. The Morgan fingerprint density at radius 2 is 0.806 bits per heavy atom. The molecule has 0 saturated carbocycles. The molecule has 0 aromatic heterocycles. The molecule has 2 rings (SSSR count). The van der Waals surface area contributed by atoms with E-state index in [0.29, 0.717) is 34.7 Å². The van der Waals surface area contributed by atoms with Crippen LogP contribution in [0.1, 0.15) is 115 Å². The highest BCUT2D eigenvalue weighted by Crippen LogP contribution is 2.30. The van der Waals surface area contributed by atoms with Gasteiger partial charge in [0.05, 0.1) is 9.79 Å². The van der Waals surface area contributed by atoms with E-state index in [-0.39, 0.29) is 9.79 Å². The van der Waals surface area contributed by atoms with Crippen molar-refractivity contribution in [1.82, 2.24) is 0 Å². The standard InChI is InChI=1S/C28H44O6S2/c1-3-5-7-9-11-13-15-17-23-19-25-20-24(18-16-14-12-10-8-6-4-2)28(36(32,33)34)22-26(25)21-27(23)35(29,30)31/h19-22H,3-18H2,1-2H3,(H,29,30,31)(H,32,33,34). The van der Waals surface area contributed by atoms with Crippen molar-refractivity contribution in [1.29, 1.82) is 0 Å². The van der Waals surface area contributed by atoms with Gasteiger partial charge in [0.25, 0.3) is 20.2 Å². The number of unbranched alkanes of at least 4 members (excludes halogenated alkanes) is 12. The SMILES string of the molecule is CCCCCCCCCc1cc2cc(CCCCCCCCC)c(S(=O)(=O)O)cc2cc1S(=O)(=O)O. The average molecular weight is 541 g/mol. The van der Waals surface area contributed by atoms with Crippen molar-refractivity contribution in [3.8, 4) is 0 Å². The van der Waals surface area contributed by atoms with Crippen LogP contribution in [-0.2, 0) is 33.1 Å². The predicted octanol–water partition coefficient (Wildman–Crippen LogP) is 7.92. The van der Waals surface area contributed by atoms with Gasteiger partial charge in [0.1, 0.15) is 0 Å². The van der Waals surface area contributed by atoms with Crippen LogP contribution >= 0.6 is 0 Å². The molecule has 2 aromatic rings. The van der Waals surface area contributed by atoms with Gasteiger partial charge in [0, 0.05) is 0 Å². The van der Waals surface area contributed by atoms with Gasteiger partial charge in [-0.25, -0.2) is 0 Å². The summed E-state index contributed by atoms with van der Waals surface area (Å²) in [6.45, 7) is 4.35. The Kier molecular flexibility index (Phi) is 12.9. The van der Waals surface area contributed by atoms with E-state index in [4.69, 9.17) is 0 Å². The molecule has 0 aliphatic carbocycles. The van der Waals surface area contributed by atoms with Crippen LogP contribution in [0.2, 0.25) is 0 Å². The second kappa shape index (κ2) is 15.1. The molecule has 0 spiro atoms. The molecule has 0 aliphatic heterocycles. The quantitative estimate of drug-likeness (QED) is 0.147. The number of aryl methyl sites for hydroxylation is 2. The highest BCUT2D eigenvalue weighted by molar-refractivity contribution is 7.86. The van der Waals surface area contributed by atoms with E-state index in [1.165, 1.54) is 50.7 Å². The van der Waals surface area contributed by atoms with Crippen LogP contribution in [0.5, 0.6) is 0 Å². The maximum Gasteiger partial charge on any atom is 0.294 e. The topological polar surface area (TPSA) is 109 Å². The van der Waals surface area contributed by atoms with E-state index >= 15 is 0 Å². The average Bonchev–Trinajstić information content (AvgIpc) is 2.80. The van der Waals surface area contributed by atoms with Crippen LogP contribution in [-0.4, -0.2) is 25.9 Å². The van der Waals surface area contributed by atoms with Crippen molar-refractivity contribution in [2.24, 2.45) is 0 Å². The first-order chi connectivity index (χ1) is 17.1. The summed E-state index contributed by atoms with van der Waals surface area (Å²) in [4.78, 5) is -0.385. The highest BCUT2D eigenvalue weighted by atomic mass is 32.2. The summed E-state index contributed by atoms with van der Waals surface area (Å²) in [6.07, 6.45) is 16.4. The zero-order valence-electron chi connectivity index (χ0n) is 22.0. The molecule has 2 aromatic carbocycles. The third-order valence-electron chi connectivity index (χ3n) is 6.85. The van der Waals surface area contributed by atoms with Crippen molar-refractivity contribution < 1.29 is 25.9 Å². The zero-order valence-corrected chi connectivity index (χ0v) is 23.6. The molecule has 0 aliphatic rings. The van der Waals surface area contributed by atoms with Gasteiger partial charge in [-0.2, -0.15) is 16.8 Å². The highest BCUT2D eigenvalue weighted by Gasteiger charge is 2.21. The molecule has 0 unspecified atom stereocenters. The number of rotatable bonds is 18. The van der Waals surface area contributed by atoms with E-state index in [0.717, 1.165) is 51.4 Å². The van der Waals surface area contributed by atoms with Crippen LogP contribution in [0, 0.1) is 0 Å². The maximum atomic E-state index is 12.1. The molecule has 36 heavy (non-hydrogen) atoms. The first-order valence-electron chi connectivity index (χ1n) is 13.6. The molecule has 0 heterocycles. The van der Waals surface area contributed by atoms with E-state index in [9.17, 15) is 25.9 Å². The van der Waals surface area contributed by atoms with E-state index in [1.54, 1.807) is 12.1 Å². The summed E-state index contributed by atoms with van der Waals surface area (Å²) in [6, 6.07) is 6.15. The van der Waals surface area contributed by atoms with Crippen molar-refractivity contribution in [2.45, 2.75) is 126 Å². The first-order valence-corrected chi connectivity index (χ1v) is 16.5. The lowest BCUT2D eigenvalue weighted by Gasteiger charge is -2.13. The molecule has 0 fully saturated rings. The fourth-order valence-electron chi connectivity index (χ4n) is 4.82. The Morgan fingerprint density at radius 1 is 0.500 bits per heavy atom. The number of hydrogen-bond acceptors (Lipinski definition) is 4. The van der Waals surface area contributed by atoms with Gasteiger partial charge in [0.15, 0.2) is 0 Å². The second-order valence-corrected chi connectivity index (χ2v) is 12.7. The van der Waals surface area contributed by atoms with E-state index in [2.05, 4.69) is 13.8 Å². The minimum absolute atomic E-state index is 0.193. The third kappa shape index (κ3) is 10.1. The van der Waals surface area contributed by atoms with Gasteiger partial charge in [0.2, 0.25) is 0 Å². The van der Waals surface area contributed by atoms with Gasteiger partial charge in [-0.05, 0) is 71.8 Å². The maximum absolute atomic E-state index is 12.1.